The minimum absolute atomic E-state index is 0.802. The molecular weight excluding hydrogens is 178 g/mol. The van der Waals surface area contributed by atoms with Crippen LogP contribution in [0, 0.1) is 6.92 Å². The van der Waals surface area contributed by atoms with Gasteiger partial charge in [-0.2, -0.15) is 5.10 Å². The lowest BCUT2D eigenvalue weighted by Gasteiger charge is -2.14. The van der Waals surface area contributed by atoms with E-state index >= 15 is 0 Å². The molecule has 5 nitrogen and oxygen atoms in total. The lowest BCUT2D eigenvalue weighted by atomic mass is 10.2. The van der Waals surface area contributed by atoms with Crippen LogP contribution < -0.4 is 16.7 Å². The Morgan fingerprint density at radius 1 is 1.57 bits per heavy atom. The van der Waals surface area contributed by atoms with Crippen LogP contribution in [-0.4, -0.2) is 11.3 Å². The SMILES string of the molecule is CCc1ccc(N(N)/C=N\N)c(C)n1. The van der Waals surface area contributed by atoms with Crippen molar-refractivity contribution < 1.29 is 0 Å². The van der Waals surface area contributed by atoms with E-state index in [1.165, 1.54) is 11.3 Å². The highest BCUT2D eigenvalue weighted by Gasteiger charge is 2.04. The number of anilines is 1. The first-order chi connectivity index (χ1) is 6.69. The van der Waals surface area contributed by atoms with Crippen molar-refractivity contribution in [2.45, 2.75) is 20.3 Å². The predicted molar refractivity (Wildman–Crippen MR) is 57.7 cm³/mol. The smallest absolute Gasteiger partial charge is 0.129 e. The summed E-state index contributed by atoms with van der Waals surface area (Å²) in [5.74, 6) is 10.7. The number of pyridine rings is 1. The van der Waals surface area contributed by atoms with Gasteiger partial charge in [-0.15, -0.1) is 0 Å². The van der Waals surface area contributed by atoms with Gasteiger partial charge in [-0.3, -0.25) is 9.99 Å². The van der Waals surface area contributed by atoms with Gasteiger partial charge in [0.25, 0.3) is 0 Å². The standard InChI is InChI=1S/C9H15N5/c1-3-8-4-5-9(7(2)13-8)14(11)6-12-10/h4-6H,3,10-11H2,1-2H3/b12-6-. The molecule has 0 radical (unpaired) electrons. The van der Waals surface area contributed by atoms with Gasteiger partial charge >= 0.3 is 0 Å². The second kappa shape index (κ2) is 4.57. The molecule has 0 unspecified atom stereocenters. The molecule has 0 saturated heterocycles. The fourth-order valence-electron chi connectivity index (χ4n) is 1.21. The van der Waals surface area contributed by atoms with Gasteiger partial charge in [0.1, 0.15) is 6.34 Å². The second-order valence-corrected chi connectivity index (χ2v) is 2.93. The first-order valence-electron chi connectivity index (χ1n) is 4.42. The van der Waals surface area contributed by atoms with E-state index in [0.29, 0.717) is 0 Å². The molecule has 0 aliphatic rings. The summed E-state index contributed by atoms with van der Waals surface area (Å²) in [6.45, 7) is 3.96. The quantitative estimate of drug-likeness (QED) is 0.317. The van der Waals surface area contributed by atoms with E-state index in [0.717, 1.165) is 23.5 Å². The van der Waals surface area contributed by atoms with Gasteiger partial charge in [-0.25, -0.2) is 5.84 Å². The third-order valence-corrected chi connectivity index (χ3v) is 1.95. The number of aromatic nitrogens is 1. The molecule has 1 aromatic rings. The highest BCUT2D eigenvalue weighted by molar-refractivity contribution is 5.78. The zero-order valence-corrected chi connectivity index (χ0v) is 8.44. The number of hydrazine groups is 1. The number of aryl methyl sites for hydroxylation is 2. The van der Waals surface area contributed by atoms with Crippen LogP contribution in [0.2, 0.25) is 0 Å². The van der Waals surface area contributed by atoms with Crippen molar-refractivity contribution in [2.24, 2.45) is 16.8 Å². The summed E-state index contributed by atoms with van der Waals surface area (Å²) < 4.78 is 0. The maximum absolute atomic E-state index is 5.66. The number of hydrogen-bond acceptors (Lipinski definition) is 4. The molecular formula is C9H15N5. The monoisotopic (exact) mass is 193 g/mol. The van der Waals surface area contributed by atoms with Gasteiger partial charge in [0.05, 0.1) is 11.4 Å². The predicted octanol–water partition coefficient (Wildman–Crippen LogP) is 0.535. The molecule has 0 bridgehead atoms. The van der Waals surface area contributed by atoms with Crippen LogP contribution in [0.4, 0.5) is 5.69 Å². The van der Waals surface area contributed by atoms with Crippen LogP contribution in [0.15, 0.2) is 17.2 Å². The molecule has 0 aromatic carbocycles. The third-order valence-electron chi connectivity index (χ3n) is 1.95. The van der Waals surface area contributed by atoms with E-state index in [-0.39, 0.29) is 0 Å². The number of hydrogen-bond donors (Lipinski definition) is 2. The summed E-state index contributed by atoms with van der Waals surface area (Å²) in [7, 11) is 0. The molecule has 1 rings (SSSR count). The van der Waals surface area contributed by atoms with Crippen molar-refractivity contribution in [2.75, 3.05) is 5.01 Å². The molecule has 76 valence electrons. The highest BCUT2D eigenvalue weighted by Crippen LogP contribution is 2.14. The molecule has 0 aliphatic carbocycles. The summed E-state index contributed by atoms with van der Waals surface area (Å²) in [5, 5.41) is 4.69. The van der Waals surface area contributed by atoms with Gasteiger partial charge in [0.2, 0.25) is 0 Å². The Hall–Kier alpha value is -1.62. The summed E-state index contributed by atoms with van der Waals surface area (Å²) in [6, 6.07) is 3.84. The molecule has 14 heavy (non-hydrogen) atoms. The average Bonchev–Trinajstić information content (AvgIpc) is 2.17. The van der Waals surface area contributed by atoms with E-state index < -0.39 is 0 Å². The normalized spacial score (nSPS) is 10.8. The molecule has 0 aliphatic heterocycles. The Labute approximate surface area is 83.4 Å². The Kier molecular flexibility index (Phi) is 3.41. The molecule has 4 N–H and O–H groups in total. The van der Waals surface area contributed by atoms with Crippen molar-refractivity contribution in [3.05, 3.63) is 23.5 Å². The lowest BCUT2D eigenvalue weighted by molar-refractivity contribution is 0.988. The first kappa shape index (κ1) is 10.5. The zero-order valence-electron chi connectivity index (χ0n) is 8.44. The van der Waals surface area contributed by atoms with Crippen molar-refractivity contribution in [3.63, 3.8) is 0 Å². The Balaban J connectivity index is 2.99. The van der Waals surface area contributed by atoms with Crippen LogP contribution in [0.1, 0.15) is 18.3 Å². The molecule has 0 fully saturated rings. The van der Waals surface area contributed by atoms with Crippen molar-refractivity contribution >= 4 is 12.0 Å². The summed E-state index contributed by atoms with van der Waals surface area (Å²) in [6.07, 6.45) is 2.26. The van der Waals surface area contributed by atoms with E-state index in [4.69, 9.17) is 11.7 Å². The minimum Gasteiger partial charge on any atom is -0.322 e. The molecule has 5 heteroatoms. The zero-order chi connectivity index (χ0) is 10.6. The van der Waals surface area contributed by atoms with Crippen LogP contribution >= 0.6 is 0 Å². The van der Waals surface area contributed by atoms with Gasteiger partial charge in [-0.05, 0) is 25.5 Å². The number of rotatable bonds is 3. The number of nitrogens with two attached hydrogens (primary N) is 2. The van der Waals surface area contributed by atoms with Crippen LogP contribution in [0.25, 0.3) is 0 Å². The Morgan fingerprint density at radius 2 is 2.29 bits per heavy atom. The lowest BCUT2D eigenvalue weighted by Crippen LogP contribution is -2.30. The van der Waals surface area contributed by atoms with E-state index in [1.807, 2.05) is 19.1 Å². The topological polar surface area (TPSA) is 80.5 Å². The highest BCUT2D eigenvalue weighted by atomic mass is 15.4. The van der Waals surface area contributed by atoms with E-state index in [1.54, 1.807) is 0 Å². The number of hydrazone groups is 1. The molecule has 0 saturated carbocycles. The van der Waals surface area contributed by atoms with Gasteiger partial charge in [-0.1, -0.05) is 6.92 Å². The fraction of sp³-hybridized carbons (Fsp3) is 0.333. The molecule has 1 aromatic heterocycles. The maximum atomic E-state index is 5.66. The maximum Gasteiger partial charge on any atom is 0.129 e. The third kappa shape index (κ3) is 2.20. The second-order valence-electron chi connectivity index (χ2n) is 2.93. The number of nitrogens with zero attached hydrogens (tertiary/aromatic N) is 3. The van der Waals surface area contributed by atoms with Crippen LogP contribution in [0.3, 0.4) is 0 Å². The van der Waals surface area contributed by atoms with Crippen LogP contribution in [-0.2, 0) is 6.42 Å². The van der Waals surface area contributed by atoms with Crippen molar-refractivity contribution in [1.29, 1.82) is 0 Å². The summed E-state index contributed by atoms with van der Waals surface area (Å²) in [4.78, 5) is 4.37. The van der Waals surface area contributed by atoms with Crippen molar-refractivity contribution in [1.82, 2.24) is 4.98 Å². The molecule has 0 spiro atoms. The fourth-order valence-corrected chi connectivity index (χ4v) is 1.21. The van der Waals surface area contributed by atoms with Gasteiger partial charge < -0.3 is 5.84 Å². The average molecular weight is 193 g/mol. The molecule has 0 atom stereocenters. The largest absolute Gasteiger partial charge is 0.322 e. The first-order valence-corrected chi connectivity index (χ1v) is 4.42. The summed E-state index contributed by atoms with van der Waals surface area (Å²) >= 11 is 0. The van der Waals surface area contributed by atoms with Crippen molar-refractivity contribution in [3.8, 4) is 0 Å². The van der Waals surface area contributed by atoms with E-state index in [2.05, 4.69) is 17.0 Å². The summed E-state index contributed by atoms with van der Waals surface area (Å²) in [5.41, 5.74) is 2.72. The Bertz CT molecular complexity index is 334. The Morgan fingerprint density at radius 3 is 2.79 bits per heavy atom. The van der Waals surface area contributed by atoms with Gasteiger partial charge in [0, 0.05) is 5.69 Å². The molecule has 0 amide bonds. The van der Waals surface area contributed by atoms with Gasteiger partial charge in [0.15, 0.2) is 0 Å². The molecule has 1 heterocycles. The minimum atomic E-state index is 0.802. The van der Waals surface area contributed by atoms with Crippen LogP contribution in [0.5, 0.6) is 0 Å². The van der Waals surface area contributed by atoms with E-state index in [9.17, 15) is 0 Å².